The van der Waals surface area contributed by atoms with Gasteiger partial charge in [0.15, 0.2) is 0 Å². The van der Waals surface area contributed by atoms with Gasteiger partial charge in [-0.15, -0.1) is 12.4 Å². The number of nitrogens with two attached hydrogens (primary N) is 2. The molecule has 4 N–H and O–H groups in total. The fourth-order valence-corrected chi connectivity index (χ4v) is 11.9. The molecule has 8 rings (SSSR count). The second-order valence-electron chi connectivity index (χ2n) is 17.0. The van der Waals surface area contributed by atoms with Gasteiger partial charge in [-0.3, -0.25) is 20.2 Å². The Bertz CT molecular complexity index is 3200. The van der Waals surface area contributed by atoms with E-state index in [0.717, 1.165) is 76.6 Å². The van der Waals surface area contributed by atoms with E-state index in [1.807, 2.05) is 76.2 Å². The Hall–Kier alpha value is -5.69. The van der Waals surface area contributed by atoms with E-state index in [9.17, 15) is 20.2 Å². The van der Waals surface area contributed by atoms with E-state index in [1.54, 1.807) is 35.7 Å². The quantitative estimate of drug-likeness (QED) is 0.0784. The third-order valence-corrected chi connectivity index (χ3v) is 16.2. The minimum atomic E-state index is -0.462. The summed E-state index contributed by atoms with van der Waals surface area (Å²) < 4.78 is 0. The molecular weight excluding hydrogens is 1030 g/mol. The largest absolute Gasteiger partial charge is 0.399 e. The molecule has 0 saturated heterocycles. The van der Waals surface area contributed by atoms with Gasteiger partial charge >= 0.3 is 0 Å². The lowest BCUT2D eigenvalue weighted by Gasteiger charge is -2.19. The molecule has 71 heavy (non-hydrogen) atoms. The summed E-state index contributed by atoms with van der Waals surface area (Å²) in [7, 11) is 0. The van der Waals surface area contributed by atoms with Crippen molar-refractivity contribution in [2.45, 2.75) is 75.0 Å². The van der Waals surface area contributed by atoms with Crippen LogP contribution in [0.4, 0.5) is 22.7 Å². The molecule has 0 aromatic heterocycles. The van der Waals surface area contributed by atoms with Crippen LogP contribution in [0.15, 0.2) is 141 Å². The fourth-order valence-electron chi connectivity index (χ4n) is 8.76. The topological polar surface area (TPSA) is 138 Å². The average Bonchev–Trinajstić information content (AvgIpc) is 3.29. The van der Waals surface area contributed by atoms with Crippen LogP contribution in [0.25, 0.3) is 44.5 Å². The zero-order valence-corrected chi connectivity index (χ0v) is 45.4. The summed E-state index contributed by atoms with van der Waals surface area (Å²) in [5.41, 5.74) is 29.5. The van der Waals surface area contributed by atoms with Crippen molar-refractivity contribution in [3.63, 3.8) is 0 Å². The number of rotatable bonds is 10. The van der Waals surface area contributed by atoms with E-state index in [1.165, 1.54) is 56.3 Å². The summed E-state index contributed by atoms with van der Waals surface area (Å²) in [5, 5.41) is 24.3. The van der Waals surface area contributed by atoms with Crippen molar-refractivity contribution >= 4 is 105 Å². The highest BCUT2D eigenvalue weighted by Gasteiger charge is 2.21. The Morgan fingerprint density at radius 1 is 0.380 bits per heavy atom. The molecule has 0 unspecified atom stereocenters. The third kappa shape index (κ3) is 11.7. The van der Waals surface area contributed by atoms with Crippen molar-refractivity contribution < 1.29 is 9.85 Å². The van der Waals surface area contributed by atoms with Gasteiger partial charge in [-0.05, 0) is 183 Å². The lowest BCUT2D eigenvalue weighted by molar-refractivity contribution is -0.385. The van der Waals surface area contributed by atoms with Crippen LogP contribution in [0.3, 0.4) is 0 Å². The number of benzene rings is 8. The van der Waals surface area contributed by atoms with Gasteiger partial charge in [0, 0.05) is 77.5 Å². The number of anilines is 2. The van der Waals surface area contributed by atoms with Gasteiger partial charge in [0.05, 0.1) is 29.9 Å². The first-order chi connectivity index (χ1) is 33.2. The zero-order chi connectivity index (χ0) is 50.9. The molecule has 0 spiro atoms. The van der Waals surface area contributed by atoms with E-state index >= 15 is 0 Å². The summed E-state index contributed by atoms with van der Waals surface area (Å²) in [5.74, 6) is 0. The van der Waals surface area contributed by atoms with Crippen LogP contribution >= 0.6 is 82.3 Å². The van der Waals surface area contributed by atoms with Gasteiger partial charge in [0.2, 0.25) is 0 Å². The molecule has 0 amide bonds. The Balaban J connectivity index is 0.000000231. The lowest BCUT2D eigenvalue weighted by Crippen LogP contribution is -1.96. The first-order valence-corrected chi connectivity index (χ1v) is 25.1. The minimum Gasteiger partial charge on any atom is -0.399 e. The number of nitro groups is 2. The van der Waals surface area contributed by atoms with E-state index < -0.39 is 9.85 Å². The molecule has 15 heteroatoms. The Kier molecular flexibility index (Phi) is 17.6. The number of nitrogens with zero attached hydrogens (tertiary/aromatic N) is 2. The minimum absolute atomic E-state index is 0. The van der Waals surface area contributed by atoms with E-state index in [0.29, 0.717) is 31.5 Å². The highest BCUT2D eigenvalue weighted by molar-refractivity contribution is 7.99. The number of hydrogen-bond acceptors (Lipinski definition) is 8. The third-order valence-electron chi connectivity index (χ3n) is 12.3. The number of non-ortho nitro benzene ring substituents is 2. The lowest BCUT2D eigenvalue weighted by atomic mass is 9.95. The van der Waals surface area contributed by atoms with Crippen LogP contribution in [0.2, 0.25) is 20.1 Å². The van der Waals surface area contributed by atoms with Crippen LogP contribution < -0.4 is 11.5 Å². The summed E-state index contributed by atoms with van der Waals surface area (Å²) >= 11 is 29.4. The Morgan fingerprint density at radius 3 is 0.845 bits per heavy atom. The first-order valence-electron chi connectivity index (χ1n) is 21.9. The van der Waals surface area contributed by atoms with Crippen molar-refractivity contribution in [1.29, 1.82) is 0 Å². The maximum absolute atomic E-state index is 11.2. The molecule has 0 fully saturated rings. The number of hydrogen-bond donors (Lipinski definition) is 2. The van der Waals surface area contributed by atoms with Gasteiger partial charge in [0.25, 0.3) is 11.4 Å². The van der Waals surface area contributed by atoms with Crippen LogP contribution in [0, 0.1) is 75.6 Å². The monoisotopic (exact) mass is 1080 g/mol. The van der Waals surface area contributed by atoms with E-state index in [2.05, 4.69) is 64.1 Å². The average molecular weight is 1080 g/mol. The van der Waals surface area contributed by atoms with Crippen LogP contribution in [-0.4, -0.2) is 9.85 Å². The molecular formula is C56H49Cl5N4O4S2. The fraction of sp³-hybridized carbons (Fsp3) is 0.143. The second kappa shape index (κ2) is 22.8. The summed E-state index contributed by atoms with van der Waals surface area (Å²) in [6.07, 6.45) is 0. The van der Waals surface area contributed by atoms with Gasteiger partial charge in [-0.1, -0.05) is 106 Å². The van der Waals surface area contributed by atoms with Crippen molar-refractivity contribution in [2.24, 2.45) is 0 Å². The number of nitrogen functional groups attached to an aromatic ring is 2. The second-order valence-corrected chi connectivity index (χ2v) is 20.8. The predicted octanol–water partition coefficient (Wildman–Crippen LogP) is 18.8. The van der Waals surface area contributed by atoms with Crippen LogP contribution in [0.1, 0.15) is 44.5 Å². The molecule has 0 bridgehead atoms. The molecule has 0 heterocycles. The highest BCUT2D eigenvalue weighted by Crippen LogP contribution is 2.46. The first kappa shape index (κ1) is 54.6. The SMILES string of the molecule is Cc1ccc(Sc2ccc(C)c(-c3ccc(N)cc3Cl)c2C)c(C)c1-c1ccc(N)cc1Cl.Cc1ccc(Sc2ccc(C)c(-c3ccc([N+](=O)[O-])cc3Cl)c2C)c(C)c1-c1ccc([N+](=O)[O-])cc1Cl.Cl. The van der Waals surface area contributed by atoms with E-state index in [-0.39, 0.29) is 23.8 Å². The molecule has 0 saturated carbocycles. The van der Waals surface area contributed by atoms with Gasteiger partial charge in [-0.25, -0.2) is 0 Å². The molecule has 8 aromatic carbocycles. The molecule has 364 valence electrons. The van der Waals surface area contributed by atoms with Gasteiger partial charge in [0.1, 0.15) is 0 Å². The van der Waals surface area contributed by atoms with Crippen LogP contribution in [-0.2, 0) is 0 Å². The number of aryl methyl sites for hydroxylation is 4. The van der Waals surface area contributed by atoms with Crippen molar-refractivity contribution in [3.8, 4) is 44.5 Å². The smallest absolute Gasteiger partial charge is 0.270 e. The number of nitro benzene ring substituents is 2. The molecule has 0 aliphatic rings. The van der Waals surface area contributed by atoms with Crippen molar-refractivity contribution in [2.75, 3.05) is 11.5 Å². The van der Waals surface area contributed by atoms with E-state index in [4.69, 9.17) is 57.9 Å². The summed E-state index contributed by atoms with van der Waals surface area (Å²) in [4.78, 5) is 25.8. The van der Waals surface area contributed by atoms with Gasteiger partial charge in [-0.2, -0.15) is 0 Å². The Labute approximate surface area is 448 Å². The maximum atomic E-state index is 11.2. The summed E-state index contributed by atoms with van der Waals surface area (Å²) in [6, 6.07) is 37.3. The highest BCUT2D eigenvalue weighted by atomic mass is 35.5. The summed E-state index contributed by atoms with van der Waals surface area (Å²) in [6.45, 7) is 16.5. The van der Waals surface area contributed by atoms with Gasteiger partial charge < -0.3 is 11.5 Å². The molecule has 0 radical (unpaired) electrons. The standard InChI is InChI=1S/C28H22Cl2N2O4S.C28H26Cl2N2S.ClH/c1-15-5-11-25(17(3)27(15)21-9-7-19(31(33)34)13-23(21)29)37-26-12-6-16(2)28(18(26)4)22-10-8-20(32(35)36)14-24(22)30;1-15-5-11-25(17(3)27(15)21-9-7-19(31)13-23(21)29)33-26-12-6-16(2)28(18(26)4)22-10-8-20(32)14-24(22)30;/h5-14H,1-4H3;5-14H,31-32H2,1-4H3;1H. The molecule has 0 aliphatic carbocycles. The molecule has 8 aromatic rings. The van der Waals surface area contributed by atoms with Crippen molar-refractivity contribution in [3.05, 3.63) is 206 Å². The Morgan fingerprint density at radius 2 is 0.620 bits per heavy atom. The predicted molar refractivity (Wildman–Crippen MR) is 303 cm³/mol. The zero-order valence-electron chi connectivity index (χ0n) is 40.0. The molecule has 0 atom stereocenters. The molecule has 0 aliphatic heterocycles. The maximum Gasteiger partial charge on any atom is 0.270 e. The normalized spacial score (nSPS) is 10.9. The molecule has 8 nitrogen and oxygen atoms in total. The number of halogens is 5. The van der Waals surface area contributed by atoms with Crippen molar-refractivity contribution in [1.82, 2.24) is 0 Å². The van der Waals surface area contributed by atoms with Crippen LogP contribution in [0.5, 0.6) is 0 Å².